The Bertz CT molecular complexity index is 460. The van der Waals surface area contributed by atoms with Crippen molar-refractivity contribution in [1.82, 2.24) is 5.32 Å². The fourth-order valence-corrected chi connectivity index (χ4v) is 1.91. The summed E-state index contributed by atoms with van der Waals surface area (Å²) < 4.78 is 10.3. The maximum atomic E-state index is 11.1. The average molecular weight is 307 g/mol. The van der Waals surface area contributed by atoms with Gasteiger partial charge in [-0.15, -0.1) is 0 Å². The van der Waals surface area contributed by atoms with E-state index < -0.39 is 0 Å². The molecule has 0 bridgehead atoms. The summed E-state index contributed by atoms with van der Waals surface area (Å²) in [5, 5.41) is 10.1. The van der Waals surface area contributed by atoms with Gasteiger partial charge in [0.05, 0.1) is 6.61 Å². The van der Waals surface area contributed by atoms with Gasteiger partial charge in [0, 0.05) is 19.2 Å². The third-order valence-electron chi connectivity index (χ3n) is 3.10. The number of carbonyl (C=O) groups is 1. The fraction of sp³-hybridized carbons (Fsp3) is 0.500. The van der Waals surface area contributed by atoms with Gasteiger partial charge in [-0.2, -0.15) is 0 Å². The molecule has 0 radical (unpaired) electrons. The van der Waals surface area contributed by atoms with Crippen LogP contribution in [-0.2, 0) is 9.53 Å². The summed E-state index contributed by atoms with van der Waals surface area (Å²) in [6.07, 6.45) is 4.05. The Balaban J connectivity index is 2.01. The third kappa shape index (κ3) is 7.64. The minimum atomic E-state index is -0.0696. The Morgan fingerprint density at radius 2 is 1.86 bits per heavy atom. The quantitative estimate of drug-likeness (QED) is 0.329. The number of rotatable bonds is 11. The van der Waals surface area contributed by atoms with E-state index in [0.717, 1.165) is 31.4 Å². The van der Waals surface area contributed by atoms with Gasteiger partial charge in [-0.3, -0.25) is 10.2 Å². The van der Waals surface area contributed by atoms with Crippen molar-refractivity contribution in [1.29, 1.82) is 5.41 Å². The summed E-state index contributed by atoms with van der Waals surface area (Å²) in [5.41, 5.74) is 6.09. The van der Waals surface area contributed by atoms with Crippen molar-refractivity contribution < 1.29 is 14.3 Å². The van der Waals surface area contributed by atoms with Crippen LogP contribution in [0.5, 0.6) is 5.75 Å². The van der Waals surface area contributed by atoms with Crippen LogP contribution in [0.3, 0.4) is 0 Å². The van der Waals surface area contributed by atoms with E-state index in [1.807, 2.05) is 12.1 Å². The Kier molecular flexibility index (Phi) is 8.67. The molecule has 1 rings (SSSR count). The van der Waals surface area contributed by atoms with Crippen LogP contribution in [0.15, 0.2) is 24.3 Å². The summed E-state index contributed by atoms with van der Waals surface area (Å²) in [4.78, 5) is 11.1. The molecule has 0 spiro atoms. The molecule has 1 aromatic rings. The van der Waals surface area contributed by atoms with E-state index in [9.17, 15) is 4.79 Å². The number of nitrogens with one attached hydrogen (secondary N) is 2. The molecule has 0 aliphatic heterocycles. The number of hydrogen-bond donors (Lipinski definition) is 3. The topological polar surface area (TPSA) is 97.4 Å². The second kappa shape index (κ2) is 10.6. The molecule has 0 aliphatic carbocycles. The highest BCUT2D eigenvalue weighted by molar-refractivity contribution is 5.94. The summed E-state index contributed by atoms with van der Waals surface area (Å²) in [7, 11) is 1.51. The van der Waals surface area contributed by atoms with E-state index in [1.54, 1.807) is 12.1 Å². The number of carbonyl (C=O) groups excluding carboxylic acids is 1. The molecule has 1 amide bonds. The maximum absolute atomic E-state index is 11.1. The van der Waals surface area contributed by atoms with Crippen LogP contribution in [0, 0.1) is 5.41 Å². The first-order chi connectivity index (χ1) is 10.6. The van der Waals surface area contributed by atoms with Crippen molar-refractivity contribution in [3.8, 4) is 5.75 Å². The molecule has 6 nitrogen and oxygen atoms in total. The van der Waals surface area contributed by atoms with Gasteiger partial charge >= 0.3 is 0 Å². The maximum Gasteiger partial charge on any atom is 0.245 e. The van der Waals surface area contributed by atoms with Crippen molar-refractivity contribution in [2.45, 2.75) is 25.7 Å². The van der Waals surface area contributed by atoms with Gasteiger partial charge in [0.2, 0.25) is 5.91 Å². The summed E-state index contributed by atoms with van der Waals surface area (Å²) in [6, 6.07) is 7.20. The molecule has 0 atom stereocenters. The van der Waals surface area contributed by atoms with Gasteiger partial charge in [0.1, 0.15) is 18.2 Å². The third-order valence-corrected chi connectivity index (χ3v) is 3.10. The Morgan fingerprint density at radius 1 is 1.18 bits per heavy atom. The van der Waals surface area contributed by atoms with Gasteiger partial charge in [-0.25, -0.2) is 0 Å². The Labute approximate surface area is 131 Å². The van der Waals surface area contributed by atoms with Crippen LogP contribution in [0.1, 0.15) is 31.2 Å². The van der Waals surface area contributed by atoms with Crippen LogP contribution < -0.4 is 15.8 Å². The molecule has 0 aromatic heterocycles. The van der Waals surface area contributed by atoms with E-state index in [2.05, 4.69) is 5.32 Å². The van der Waals surface area contributed by atoms with E-state index >= 15 is 0 Å². The minimum Gasteiger partial charge on any atom is -0.494 e. The zero-order valence-electron chi connectivity index (χ0n) is 13.1. The lowest BCUT2D eigenvalue weighted by Gasteiger charge is -2.07. The van der Waals surface area contributed by atoms with Crippen molar-refractivity contribution in [2.24, 2.45) is 5.73 Å². The number of amidine groups is 1. The number of hydrogen-bond acceptors (Lipinski definition) is 4. The fourth-order valence-electron chi connectivity index (χ4n) is 1.91. The summed E-state index contributed by atoms with van der Waals surface area (Å²) in [5.74, 6) is 0.779. The van der Waals surface area contributed by atoms with E-state index in [-0.39, 0.29) is 18.3 Å². The predicted octanol–water partition coefficient (Wildman–Crippen LogP) is 1.67. The molecule has 0 aliphatic rings. The van der Waals surface area contributed by atoms with Crippen LogP contribution in [0.4, 0.5) is 0 Å². The van der Waals surface area contributed by atoms with Gasteiger partial charge < -0.3 is 20.5 Å². The first kappa shape index (κ1) is 18.0. The van der Waals surface area contributed by atoms with E-state index in [0.29, 0.717) is 18.7 Å². The SMILES string of the molecule is COCC(=O)NCCCCCCOc1ccc(C(=N)N)cc1. The summed E-state index contributed by atoms with van der Waals surface area (Å²) in [6.45, 7) is 1.47. The molecule has 0 heterocycles. The molecule has 0 unspecified atom stereocenters. The summed E-state index contributed by atoms with van der Waals surface area (Å²) >= 11 is 0. The molecule has 4 N–H and O–H groups in total. The monoisotopic (exact) mass is 307 g/mol. The van der Waals surface area contributed by atoms with Gasteiger partial charge in [-0.05, 0) is 37.1 Å². The van der Waals surface area contributed by atoms with Crippen LogP contribution in [0.25, 0.3) is 0 Å². The molecule has 0 saturated heterocycles. The van der Waals surface area contributed by atoms with Crippen LogP contribution >= 0.6 is 0 Å². The highest BCUT2D eigenvalue weighted by atomic mass is 16.5. The lowest BCUT2D eigenvalue weighted by Crippen LogP contribution is -2.27. The number of benzene rings is 1. The van der Waals surface area contributed by atoms with Gasteiger partial charge in [-0.1, -0.05) is 12.8 Å². The van der Waals surface area contributed by atoms with Gasteiger partial charge in [0.15, 0.2) is 0 Å². The Morgan fingerprint density at radius 3 is 2.50 bits per heavy atom. The number of unbranched alkanes of at least 4 members (excludes halogenated alkanes) is 3. The van der Waals surface area contributed by atoms with E-state index in [4.69, 9.17) is 20.6 Å². The largest absolute Gasteiger partial charge is 0.494 e. The molecular formula is C16H25N3O3. The predicted molar refractivity (Wildman–Crippen MR) is 86.3 cm³/mol. The lowest BCUT2D eigenvalue weighted by atomic mass is 10.2. The zero-order chi connectivity index (χ0) is 16.2. The standard InChI is InChI=1S/C16H25N3O3/c1-21-12-15(20)19-10-4-2-3-5-11-22-14-8-6-13(7-9-14)16(17)18/h6-9H,2-5,10-12H2,1H3,(H3,17,18)(H,19,20). The average Bonchev–Trinajstić information content (AvgIpc) is 2.50. The van der Waals surface area contributed by atoms with Crippen molar-refractivity contribution in [3.05, 3.63) is 29.8 Å². The van der Waals surface area contributed by atoms with Crippen LogP contribution in [-0.4, -0.2) is 38.6 Å². The number of nitrogen functional groups attached to an aromatic ring is 1. The number of nitrogens with two attached hydrogens (primary N) is 1. The molecule has 1 aromatic carbocycles. The molecule has 6 heteroatoms. The Hall–Kier alpha value is -2.08. The molecule has 22 heavy (non-hydrogen) atoms. The molecule has 0 saturated carbocycles. The first-order valence-electron chi connectivity index (χ1n) is 7.46. The second-order valence-corrected chi connectivity index (χ2v) is 4.98. The van der Waals surface area contributed by atoms with Crippen LogP contribution in [0.2, 0.25) is 0 Å². The molecular weight excluding hydrogens is 282 g/mol. The highest BCUT2D eigenvalue weighted by Crippen LogP contribution is 2.12. The van der Waals surface area contributed by atoms with Gasteiger partial charge in [0.25, 0.3) is 0 Å². The normalized spacial score (nSPS) is 10.2. The highest BCUT2D eigenvalue weighted by Gasteiger charge is 1.99. The number of ether oxygens (including phenoxy) is 2. The molecule has 122 valence electrons. The zero-order valence-corrected chi connectivity index (χ0v) is 13.1. The number of methoxy groups -OCH3 is 1. The molecule has 0 fully saturated rings. The number of amides is 1. The van der Waals surface area contributed by atoms with E-state index in [1.165, 1.54) is 7.11 Å². The minimum absolute atomic E-state index is 0.0594. The smallest absolute Gasteiger partial charge is 0.245 e. The second-order valence-electron chi connectivity index (χ2n) is 4.98. The first-order valence-corrected chi connectivity index (χ1v) is 7.46. The van der Waals surface area contributed by atoms with Crippen molar-refractivity contribution >= 4 is 11.7 Å². The van der Waals surface area contributed by atoms with Crippen molar-refractivity contribution in [3.63, 3.8) is 0 Å². The lowest BCUT2D eigenvalue weighted by molar-refractivity contribution is -0.124. The van der Waals surface area contributed by atoms with Crippen molar-refractivity contribution in [2.75, 3.05) is 26.9 Å².